The molecule has 4 rings (SSSR count). The van der Waals surface area contributed by atoms with Gasteiger partial charge < -0.3 is 26.2 Å². The van der Waals surface area contributed by atoms with Crippen LogP contribution in [0, 0.1) is 11.6 Å². The van der Waals surface area contributed by atoms with Gasteiger partial charge in [-0.2, -0.15) is 0 Å². The molecule has 2 aromatic carbocycles. The maximum atomic E-state index is 15.4. The molecule has 2 aromatic rings. The fourth-order valence-corrected chi connectivity index (χ4v) is 4.34. The van der Waals surface area contributed by atoms with Crippen LogP contribution in [0.3, 0.4) is 0 Å². The molecule has 1 unspecified atom stereocenters. The number of dihydropyridines is 1. The summed E-state index contributed by atoms with van der Waals surface area (Å²) in [5, 5.41) is 5.33. The van der Waals surface area contributed by atoms with Crippen molar-refractivity contribution in [1.82, 2.24) is 10.2 Å². The number of nitrogens with zero attached hydrogens (tertiary/aromatic N) is 2. The first-order valence-corrected chi connectivity index (χ1v) is 12.2. The van der Waals surface area contributed by atoms with Gasteiger partial charge in [-0.25, -0.2) is 17.6 Å². The van der Waals surface area contributed by atoms with Crippen molar-refractivity contribution >= 4 is 23.6 Å². The molecule has 2 aliphatic heterocycles. The number of likely N-dealkylation sites (N-methyl/N-ethyl adjacent to an activating group) is 1. The fourth-order valence-electron chi connectivity index (χ4n) is 4.34. The number of rotatable bonds is 6. The third-order valence-corrected chi connectivity index (χ3v) is 6.59. The summed E-state index contributed by atoms with van der Waals surface area (Å²) in [5.41, 5.74) is 4.49. The normalized spacial score (nSPS) is 17.5. The number of amides is 1. The molecule has 4 N–H and O–H groups in total. The van der Waals surface area contributed by atoms with E-state index in [1.54, 1.807) is 0 Å². The van der Waals surface area contributed by atoms with Crippen molar-refractivity contribution in [3.63, 3.8) is 0 Å². The molecular formula is C28H31F4N5O2. The lowest BCUT2D eigenvalue weighted by molar-refractivity contribution is -0.112. The summed E-state index contributed by atoms with van der Waals surface area (Å²) in [6.45, 7) is 7.37. The number of nitrogens with one attached hydrogen (secondary N) is 2. The van der Waals surface area contributed by atoms with Crippen LogP contribution in [0.25, 0.3) is 11.1 Å². The van der Waals surface area contributed by atoms with Crippen molar-refractivity contribution in [3.05, 3.63) is 83.2 Å². The molecule has 39 heavy (non-hydrogen) atoms. The number of anilines is 2. The van der Waals surface area contributed by atoms with Gasteiger partial charge in [-0.05, 0) is 56.9 Å². The Bertz CT molecular complexity index is 1330. The molecule has 0 aliphatic carbocycles. The molecule has 1 saturated heterocycles. The number of nitrogens with two attached hydrogens (primary N) is 1. The number of hydrogen-bond acceptors (Lipinski definition) is 6. The largest absolute Gasteiger partial charge is 0.367 e. The lowest BCUT2D eigenvalue weighted by atomic mass is 9.99. The molecular weight excluding hydrogens is 514 g/mol. The van der Waals surface area contributed by atoms with Crippen molar-refractivity contribution in [2.75, 3.05) is 43.9 Å². The van der Waals surface area contributed by atoms with Crippen molar-refractivity contribution in [1.29, 1.82) is 0 Å². The first-order valence-electron chi connectivity index (χ1n) is 12.2. The Hall–Kier alpha value is -3.96. The van der Waals surface area contributed by atoms with Crippen molar-refractivity contribution in [2.45, 2.75) is 19.4 Å². The minimum absolute atomic E-state index is 0.0121. The maximum Gasteiger partial charge on any atom is 0.264 e. The van der Waals surface area contributed by atoms with E-state index >= 15 is 4.39 Å². The van der Waals surface area contributed by atoms with E-state index in [1.807, 2.05) is 18.9 Å². The Morgan fingerprint density at radius 1 is 1.18 bits per heavy atom. The second-order valence-corrected chi connectivity index (χ2v) is 9.06. The molecule has 1 amide bonds. The van der Waals surface area contributed by atoms with E-state index in [2.05, 4.69) is 27.8 Å². The molecule has 0 saturated carbocycles. The average molecular weight is 546 g/mol. The number of allylic oxidation sites excluding steroid dienone is 1. The van der Waals surface area contributed by atoms with Crippen LogP contribution >= 0.6 is 0 Å². The third-order valence-electron chi connectivity index (χ3n) is 6.59. The Morgan fingerprint density at radius 3 is 2.54 bits per heavy atom. The highest BCUT2D eigenvalue weighted by Gasteiger charge is 2.28. The highest BCUT2D eigenvalue weighted by molar-refractivity contribution is 6.09. The van der Waals surface area contributed by atoms with Crippen LogP contribution in [0.4, 0.5) is 28.9 Å². The number of carbonyl (C=O) groups excluding carboxylic acids is 2. The smallest absolute Gasteiger partial charge is 0.264 e. The summed E-state index contributed by atoms with van der Waals surface area (Å²) in [4.78, 5) is 28.5. The van der Waals surface area contributed by atoms with Gasteiger partial charge >= 0.3 is 0 Å². The number of piperazine rings is 1. The standard InChI is InChI=1S/C27H26F4N4O2.CH5N/c1-15-8-20(26(30)31)21(12-32-15)27(37)33-24-10-19(17-4-5-22(28)18(9-17)14-36)23(29)11-25(24)35-7-6-34(3)16(2)13-35;1-2/h4-5,8-12,14,16,26,32H,1,6-7,13H2,2-3H3,(H,33,37);2H2,1H3. The van der Waals surface area contributed by atoms with Gasteiger partial charge in [0.1, 0.15) is 11.6 Å². The number of alkyl halides is 2. The highest BCUT2D eigenvalue weighted by atomic mass is 19.3. The first-order chi connectivity index (χ1) is 18.6. The van der Waals surface area contributed by atoms with Gasteiger partial charge in [-0.15, -0.1) is 0 Å². The molecule has 0 aromatic heterocycles. The fraction of sp³-hybridized carbons (Fsp3) is 0.286. The zero-order valence-corrected chi connectivity index (χ0v) is 21.9. The van der Waals surface area contributed by atoms with E-state index in [0.717, 1.165) is 18.3 Å². The number of hydrogen-bond donors (Lipinski definition) is 3. The van der Waals surface area contributed by atoms with Crippen molar-refractivity contribution in [2.24, 2.45) is 5.73 Å². The molecule has 0 spiro atoms. The zero-order valence-electron chi connectivity index (χ0n) is 21.9. The number of carbonyl (C=O) groups is 2. The maximum absolute atomic E-state index is 15.4. The van der Waals surface area contributed by atoms with E-state index in [0.29, 0.717) is 31.6 Å². The van der Waals surface area contributed by atoms with Crippen LogP contribution in [0.15, 0.2) is 66.0 Å². The minimum atomic E-state index is -2.92. The van der Waals surface area contributed by atoms with Crippen molar-refractivity contribution in [3.8, 4) is 11.1 Å². The highest BCUT2D eigenvalue weighted by Crippen LogP contribution is 2.36. The van der Waals surface area contributed by atoms with Crippen LogP contribution in [-0.4, -0.2) is 63.3 Å². The number of aldehydes is 1. The minimum Gasteiger partial charge on any atom is -0.367 e. The monoisotopic (exact) mass is 545 g/mol. The first kappa shape index (κ1) is 29.6. The van der Waals surface area contributed by atoms with E-state index < -0.39 is 29.5 Å². The van der Waals surface area contributed by atoms with Gasteiger partial charge in [-0.3, -0.25) is 9.59 Å². The molecule has 2 heterocycles. The topological polar surface area (TPSA) is 90.7 Å². The predicted molar refractivity (Wildman–Crippen MR) is 145 cm³/mol. The van der Waals surface area contributed by atoms with Crippen LogP contribution in [0.5, 0.6) is 0 Å². The van der Waals surface area contributed by atoms with Crippen LogP contribution in [-0.2, 0) is 4.79 Å². The van der Waals surface area contributed by atoms with Gasteiger partial charge in [0.15, 0.2) is 6.29 Å². The van der Waals surface area contributed by atoms with Gasteiger partial charge in [0, 0.05) is 48.7 Å². The number of benzene rings is 2. The summed E-state index contributed by atoms with van der Waals surface area (Å²) in [6, 6.07) is 6.34. The van der Waals surface area contributed by atoms with Crippen molar-refractivity contribution < 1.29 is 27.2 Å². The van der Waals surface area contributed by atoms with Gasteiger partial charge in [0.25, 0.3) is 12.3 Å². The van der Waals surface area contributed by atoms with Crippen LogP contribution < -0.4 is 21.3 Å². The lowest BCUT2D eigenvalue weighted by Gasteiger charge is -2.39. The molecule has 7 nitrogen and oxygen atoms in total. The summed E-state index contributed by atoms with van der Waals surface area (Å²) in [7, 11) is 3.47. The molecule has 1 fully saturated rings. The molecule has 0 radical (unpaired) electrons. The SMILES string of the molecule is C=C1C=C(C(F)F)C(C(=O)Nc2cc(-c3ccc(F)c(C=O)c3)c(F)cc2N2CCN(C)C(C)C2)=CN1.CN. The molecule has 11 heteroatoms. The summed E-state index contributed by atoms with van der Waals surface area (Å²) < 4.78 is 56.6. The van der Waals surface area contributed by atoms with E-state index in [4.69, 9.17) is 0 Å². The van der Waals surface area contributed by atoms with E-state index in [1.165, 1.54) is 31.3 Å². The van der Waals surface area contributed by atoms with Crippen LogP contribution in [0.1, 0.15) is 17.3 Å². The Kier molecular flexibility index (Phi) is 9.66. The molecule has 0 bridgehead atoms. The second-order valence-electron chi connectivity index (χ2n) is 9.06. The Labute approximate surface area is 224 Å². The molecule has 208 valence electrons. The zero-order chi connectivity index (χ0) is 28.9. The Morgan fingerprint density at radius 2 is 1.90 bits per heavy atom. The summed E-state index contributed by atoms with van der Waals surface area (Å²) in [6.07, 6.45) is -0.345. The summed E-state index contributed by atoms with van der Waals surface area (Å²) in [5.74, 6) is -2.22. The quantitative estimate of drug-likeness (QED) is 0.371. The summed E-state index contributed by atoms with van der Waals surface area (Å²) >= 11 is 0. The predicted octanol–water partition coefficient (Wildman–Crippen LogP) is 4.29. The van der Waals surface area contributed by atoms with E-state index in [9.17, 15) is 22.8 Å². The van der Waals surface area contributed by atoms with Gasteiger partial charge in [0.2, 0.25) is 0 Å². The lowest BCUT2D eigenvalue weighted by Crippen LogP contribution is -2.50. The average Bonchev–Trinajstić information content (AvgIpc) is 2.92. The van der Waals surface area contributed by atoms with Gasteiger partial charge in [0.05, 0.1) is 22.5 Å². The van der Waals surface area contributed by atoms with Gasteiger partial charge in [-0.1, -0.05) is 12.6 Å². The van der Waals surface area contributed by atoms with Crippen LogP contribution in [0.2, 0.25) is 0 Å². The third kappa shape index (κ3) is 6.55. The number of halogens is 4. The molecule has 1 atom stereocenters. The van der Waals surface area contributed by atoms with E-state index in [-0.39, 0.29) is 39.7 Å². The second kappa shape index (κ2) is 12.7. The Balaban J connectivity index is 0.00000205. The molecule has 2 aliphatic rings.